The van der Waals surface area contributed by atoms with E-state index < -0.39 is 0 Å². The Bertz CT molecular complexity index is 531. The zero-order valence-corrected chi connectivity index (χ0v) is 12.9. The third-order valence-electron chi connectivity index (χ3n) is 3.53. The number of aryl methyl sites for hydroxylation is 1. The fourth-order valence-corrected chi connectivity index (χ4v) is 3.51. The number of likely N-dealkylation sites (N-methyl/N-ethyl adjacent to an activating group) is 1. The summed E-state index contributed by atoms with van der Waals surface area (Å²) < 4.78 is 0. The average molecular weight is 274 g/mol. The van der Waals surface area contributed by atoms with Crippen LogP contribution >= 0.6 is 11.3 Å². The maximum absolute atomic E-state index is 3.28. The molecule has 1 aromatic carbocycles. The van der Waals surface area contributed by atoms with Gasteiger partial charge < -0.3 is 10.2 Å². The Hall–Kier alpha value is -1.32. The Balaban J connectivity index is 2.30. The second kappa shape index (κ2) is 6.22. The largest absolute Gasteiger partial charge is 0.388 e. The van der Waals surface area contributed by atoms with E-state index in [4.69, 9.17) is 0 Å². The third kappa shape index (κ3) is 3.17. The molecule has 0 unspecified atom stereocenters. The Labute approximate surface area is 120 Å². The molecule has 1 N–H and O–H groups in total. The lowest BCUT2D eigenvalue weighted by Gasteiger charge is -2.25. The van der Waals surface area contributed by atoms with Gasteiger partial charge in [-0.15, -0.1) is 11.3 Å². The molecule has 0 aliphatic carbocycles. The van der Waals surface area contributed by atoms with E-state index >= 15 is 0 Å². The highest BCUT2D eigenvalue weighted by Gasteiger charge is 2.19. The van der Waals surface area contributed by atoms with Crippen molar-refractivity contribution in [2.45, 2.75) is 19.4 Å². The van der Waals surface area contributed by atoms with E-state index in [1.54, 1.807) is 0 Å². The normalized spacial score (nSPS) is 12.7. The van der Waals surface area contributed by atoms with Crippen LogP contribution in [0, 0.1) is 6.92 Å². The summed E-state index contributed by atoms with van der Waals surface area (Å²) in [7, 11) is 6.30. The van der Waals surface area contributed by atoms with Gasteiger partial charge in [-0.3, -0.25) is 0 Å². The van der Waals surface area contributed by atoms with Crippen LogP contribution in [-0.2, 0) is 6.42 Å². The Kier molecular flexibility index (Phi) is 4.61. The standard InChI is InChI=1S/C16H22N2S/c1-12-9-10-19-16(12)15(18(3)4)11-13-7-5-6-8-14(13)17-2/h5-10,15,17H,11H2,1-4H3/t15-/m0/s1. The minimum absolute atomic E-state index is 0.439. The second-order valence-electron chi connectivity index (χ2n) is 5.06. The van der Waals surface area contributed by atoms with Gasteiger partial charge in [0.1, 0.15) is 0 Å². The van der Waals surface area contributed by atoms with Gasteiger partial charge >= 0.3 is 0 Å². The van der Waals surface area contributed by atoms with E-state index in [2.05, 4.69) is 66.9 Å². The monoisotopic (exact) mass is 274 g/mol. The number of anilines is 1. The van der Waals surface area contributed by atoms with Crippen molar-refractivity contribution < 1.29 is 0 Å². The Morgan fingerprint density at radius 3 is 2.53 bits per heavy atom. The van der Waals surface area contributed by atoms with Crippen LogP contribution in [0.5, 0.6) is 0 Å². The summed E-state index contributed by atoms with van der Waals surface area (Å²) in [4.78, 5) is 3.78. The summed E-state index contributed by atoms with van der Waals surface area (Å²) in [6, 6.07) is 11.2. The first-order valence-corrected chi connectivity index (χ1v) is 7.47. The summed E-state index contributed by atoms with van der Waals surface area (Å²) in [5.74, 6) is 0. The van der Waals surface area contributed by atoms with E-state index in [1.807, 2.05) is 18.4 Å². The predicted molar refractivity (Wildman–Crippen MR) is 85.2 cm³/mol. The number of para-hydroxylation sites is 1. The van der Waals surface area contributed by atoms with Gasteiger partial charge in [0.25, 0.3) is 0 Å². The minimum atomic E-state index is 0.439. The van der Waals surface area contributed by atoms with Crippen molar-refractivity contribution in [1.29, 1.82) is 0 Å². The summed E-state index contributed by atoms with van der Waals surface area (Å²) in [6.45, 7) is 2.20. The molecule has 2 aromatic rings. The zero-order valence-electron chi connectivity index (χ0n) is 12.1. The molecular weight excluding hydrogens is 252 g/mol. The molecule has 0 amide bonds. The quantitative estimate of drug-likeness (QED) is 0.888. The maximum atomic E-state index is 3.28. The van der Waals surface area contributed by atoms with Crippen LogP contribution in [0.15, 0.2) is 35.7 Å². The van der Waals surface area contributed by atoms with Crippen LogP contribution < -0.4 is 5.32 Å². The van der Waals surface area contributed by atoms with Gasteiger partial charge in [-0.1, -0.05) is 18.2 Å². The first kappa shape index (κ1) is 14.1. The summed E-state index contributed by atoms with van der Waals surface area (Å²) in [5, 5.41) is 5.47. The fraction of sp³-hybridized carbons (Fsp3) is 0.375. The third-order valence-corrected chi connectivity index (χ3v) is 4.65. The van der Waals surface area contributed by atoms with Gasteiger partial charge in [-0.25, -0.2) is 0 Å². The van der Waals surface area contributed by atoms with Crippen molar-refractivity contribution in [3.8, 4) is 0 Å². The van der Waals surface area contributed by atoms with Gasteiger partial charge in [0, 0.05) is 23.7 Å². The Morgan fingerprint density at radius 1 is 1.21 bits per heavy atom. The molecular formula is C16H22N2S. The number of hydrogen-bond donors (Lipinski definition) is 1. The molecule has 0 spiro atoms. The second-order valence-corrected chi connectivity index (χ2v) is 6.01. The number of benzene rings is 1. The van der Waals surface area contributed by atoms with E-state index in [0.717, 1.165) is 6.42 Å². The van der Waals surface area contributed by atoms with Gasteiger partial charge in [0.2, 0.25) is 0 Å². The molecule has 19 heavy (non-hydrogen) atoms. The van der Waals surface area contributed by atoms with Crippen LogP contribution in [0.2, 0.25) is 0 Å². The molecule has 3 heteroatoms. The summed E-state index contributed by atoms with van der Waals surface area (Å²) in [5.41, 5.74) is 3.99. The number of nitrogens with zero attached hydrogens (tertiary/aromatic N) is 1. The SMILES string of the molecule is CNc1ccccc1C[C@@H](c1sccc1C)N(C)C. The zero-order chi connectivity index (χ0) is 13.8. The van der Waals surface area contributed by atoms with Crippen molar-refractivity contribution in [2.75, 3.05) is 26.5 Å². The smallest absolute Gasteiger partial charge is 0.0479 e. The van der Waals surface area contributed by atoms with E-state index in [0.29, 0.717) is 6.04 Å². The number of nitrogens with one attached hydrogen (secondary N) is 1. The fourth-order valence-electron chi connectivity index (χ4n) is 2.39. The highest BCUT2D eigenvalue weighted by atomic mass is 32.1. The molecule has 0 aliphatic rings. The Morgan fingerprint density at radius 2 is 1.95 bits per heavy atom. The molecule has 0 aliphatic heterocycles. The van der Waals surface area contributed by atoms with Gasteiger partial charge in [0.15, 0.2) is 0 Å². The van der Waals surface area contributed by atoms with E-state index in [-0.39, 0.29) is 0 Å². The van der Waals surface area contributed by atoms with Crippen molar-refractivity contribution >= 4 is 17.0 Å². The molecule has 2 nitrogen and oxygen atoms in total. The molecule has 1 atom stereocenters. The van der Waals surface area contributed by atoms with E-state index in [9.17, 15) is 0 Å². The topological polar surface area (TPSA) is 15.3 Å². The highest BCUT2D eigenvalue weighted by molar-refractivity contribution is 7.10. The minimum Gasteiger partial charge on any atom is -0.388 e. The molecule has 2 rings (SSSR count). The molecule has 0 radical (unpaired) electrons. The molecule has 1 heterocycles. The van der Waals surface area contributed by atoms with E-state index in [1.165, 1.54) is 21.7 Å². The van der Waals surface area contributed by atoms with Crippen LogP contribution in [0.3, 0.4) is 0 Å². The molecule has 0 bridgehead atoms. The summed E-state index contributed by atoms with van der Waals surface area (Å²) >= 11 is 1.86. The maximum Gasteiger partial charge on any atom is 0.0479 e. The van der Waals surface area contributed by atoms with Crippen LogP contribution in [0.25, 0.3) is 0 Å². The predicted octanol–water partition coefficient (Wildman–Crippen LogP) is 3.94. The van der Waals surface area contributed by atoms with Gasteiger partial charge in [-0.05, 0) is 56.1 Å². The first-order valence-electron chi connectivity index (χ1n) is 6.59. The number of thiophene rings is 1. The lowest BCUT2D eigenvalue weighted by Crippen LogP contribution is -2.22. The van der Waals surface area contributed by atoms with Crippen LogP contribution in [0.4, 0.5) is 5.69 Å². The lowest BCUT2D eigenvalue weighted by molar-refractivity contribution is 0.301. The molecule has 0 fully saturated rings. The van der Waals surface area contributed by atoms with Crippen LogP contribution in [-0.4, -0.2) is 26.0 Å². The highest BCUT2D eigenvalue weighted by Crippen LogP contribution is 2.31. The lowest BCUT2D eigenvalue weighted by atomic mass is 10.0. The van der Waals surface area contributed by atoms with Gasteiger partial charge in [-0.2, -0.15) is 0 Å². The van der Waals surface area contributed by atoms with Gasteiger partial charge in [0.05, 0.1) is 0 Å². The average Bonchev–Trinajstić information content (AvgIpc) is 2.82. The van der Waals surface area contributed by atoms with Crippen molar-refractivity contribution in [3.05, 3.63) is 51.7 Å². The molecule has 0 saturated heterocycles. The summed E-state index contributed by atoms with van der Waals surface area (Å²) in [6.07, 6.45) is 1.03. The molecule has 102 valence electrons. The first-order chi connectivity index (χ1) is 9.13. The van der Waals surface area contributed by atoms with Crippen molar-refractivity contribution in [1.82, 2.24) is 4.90 Å². The number of rotatable bonds is 5. The van der Waals surface area contributed by atoms with Crippen LogP contribution in [0.1, 0.15) is 22.0 Å². The molecule has 0 saturated carbocycles. The molecule has 1 aromatic heterocycles. The van der Waals surface area contributed by atoms with Crippen molar-refractivity contribution in [3.63, 3.8) is 0 Å². The number of hydrogen-bond acceptors (Lipinski definition) is 3. The van der Waals surface area contributed by atoms with Crippen molar-refractivity contribution in [2.24, 2.45) is 0 Å².